The molecule has 4 aliphatic rings. The topological polar surface area (TPSA) is 3.24 Å². The Morgan fingerprint density at radius 2 is 1.05 bits per heavy atom. The van der Waals surface area contributed by atoms with E-state index in [1.807, 2.05) is 0 Å². The zero-order valence-electron chi connectivity index (χ0n) is 13.2. The molecule has 0 aromatic carbocycles. The Labute approximate surface area is 126 Å². The molecule has 3 unspecified atom stereocenters. The molecule has 3 saturated carbocycles. The van der Waals surface area contributed by atoms with Gasteiger partial charge in [-0.3, -0.25) is 4.90 Å². The van der Waals surface area contributed by atoms with Gasteiger partial charge in [-0.15, -0.1) is 0 Å². The summed E-state index contributed by atoms with van der Waals surface area (Å²) in [6.07, 6.45) is 19.8. The minimum absolute atomic E-state index is 0.972. The van der Waals surface area contributed by atoms with Gasteiger partial charge in [0.2, 0.25) is 0 Å². The van der Waals surface area contributed by atoms with Crippen molar-refractivity contribution in [2.24, 2.45) is 0 Å². The fourth-order valence-corrected chi connectivity index (χ4v) is 6.27. The summed E-state index contributed by atoms with van der Waals surface area (Å²) in [5, 5.41) is 0. The third-order valence-electron chi connectivity index (χ3n) is 7.11. The highest BCUT2D eigenvalue weighted by molar-refractivity contribution is 6.40. The minimum Gasteiger partial charge on any atom is -0.295 e. The highest BCUT2D eigenvalue weighted by Gasteiger charge is 2.46. The van der Waals surface area contributed by atoms with E-state index in [0.29, 0.717) is 0 Å². The molecule has 1 aliphatic heterocycles. The summed E-state index contributed by atoms with van der Waals surface area (Å²) >= 11 is 0. The molecule has 20 heavy (non-hydrogen) atoms. The molecule has 1 saturated heterocycles. The second kappa shape index (κ2) is 6.03. The van der Waals surface area contributed by atoms with E-state index in [-0.39, 0.29) is 0 Å². The van der Waals surface area contributed by atoms with E-state index >= 15 is 0 Å². The van der Waals surface area contributed by atoms with Crippen LogP contribution in [0.5, 0.6) is 0 Å². The second-order valence-electron chi connectivity index (χ2n) is 8.20. The molecule has 0 amide bonds. The molecule has 0 radical (unpaired) electrons. The van der Waals surface area contributed by atoms with E-state index in [4.69, 9.17) is 0 Å². The molecular weight excluding hydrogens is 241 g/mol. The predicted octanol–water partition coefficient (Wildman–Crippen LogP) is 4.53. The van der Waals surface area contributed by atoms with E-state index in [9.17, 15) is 0 Å². The van der Waals surface area contributed by atoms with E-state index in [1.54, 1.807) is 20.1 Å². The van der Waals surface area contributed by atoms with Crippen molar-refractivity contribution in [3.63, 3.8) is 0 Å². The molecule has 0 spiro atoms. The highest BCUT2D eigenvalue weighted by atomic mass is 15.2. The molecule has 4 fully saturated rings. The maximum absolute atomic E-state index is 3.15. The molecular formula is C18H32BN. The Balaban J connectivity index is 1.58. The molecule has 0 N–H and O–H groups in total. The largest absolute Gasteiger partial charge is 0.295 e. The van der Waals surface area contributed by atoms with Gasteiger partial charge in [0.25, 0.3) is 0 Å². The fourth-order valence-electron chi connectivity index (χ4n) is 6.27. The lowest BCUT2D eigenvalue weighted by atomic mass is 9.43. The van der Waals surface area contributed by atoms with Gasteiger partial charge in [-0.1, -0.05) is 69.4 Å². The van der Waals surface area contributed by atoms with Crippen LogP contribution in [0, 0.1) is 0 Å². The van der Waals surface area contributed by atoms with Crippen molar-refractivity contribution in [2.75, 3.05) is 0 Å². The van der Waals surface area contributed by atoms with Crippen LogP contribution in [0.1, 0.15) is 83.5 Å². The van der Waals surface area contributed by atoms with Crippen molar-refractivity contribution in [1.29, 1.82) is 0 Å². The number of hydrogen-bond acceptors (Lipinski definition) is 1. The van der Waals surface area contributed by atoms with E-state index in [1.165, 1.54) is 70.6 Å². The summed E-state index contributed by atoms with van der Waals surface area (Å²) in [5.74, 6) is 2.15. The van der Waals surface area contributed by atoms with E-state index < -0.39 is 0 Å². The zero-order valence-corrected chi connectivity index (χ0v) is 13.2. The normalized spacial score (nSPS) is 43.4. The van der Waals surface area contributed by atoms with Crippen LogP contribution in [-0.4, -0.2) is 30.3 Å². The predicted molar refractivity (Wildman–Crippen MR) is 87.9 cm³/mol. The Kier molecular flexibility index (Phi) is 4.12. The quantitative estimate of drug-likeness (QED) is 0.634. The Bertz CT molecular complexity index is 303. The van der Waals surface area contributed by atoms with Gasteiger partial charge < -0.3 is 0 Å². The Morgan fingerprint density at radius 3 is 1.65 bits per heavy atom. The molecule has 2 heteroatoms. The van der Waals surface area contributed by atoms with Crippen LogP contribution in [0.15, 0.2) is 0 Å². The smallest absolute Gasteiger partial charge is 0.131 e. The number of hydrogen-bond donors (Lipinski definition) is 0. The van der Waals surface area contributed by atoms with Crippen LogP contribution in [0.4, 0.5) is 0 Å². The lowest BCUT2D eigenvalue weighted by Crippen LogP contribution is -2.60. The van der Waals surface area contributed by atoms with Crippen molar-refractivity contribution in [2.45, 2.75) is 113 Å². The summed E-state index contributed by atoms with van der Waals surface area (Å²) < 4.78 is 0. The van der Waals surface area contributed by atoms with Crippen LogP contribution < -0.4 is 0 Å². The average Bonchev–Trinajstić information content (AvgIpc) is 2.53. The molecule has 112 valence electrons. The van der Waals surface area contributed by atoms with Gasteiger partial charge >= 0.3 is 0 Å². The Hall–Kier alpha value is 0.0249. The minimum atomic E-state index is 0.972. The number of nitrogens with zero attached hydrogens (tertiary/aromatic N) is 1. The monoisotopic (exact) mass is 273 g/mol. The zero-order chi connectivity index (χ0) is 13.4. The summed E-state index contributed by atoms with van der Waals surface area (Å²) in [5.41, 5.74) is 0. The van der Waals surface area contributed by atoms with Crippen molar-refractivity contribution < 1.29 is 0 Å². The van der Waals surface area contributed by atoms with Gasteiger partial charge in [-0.05, 0) is 25.7 Å². The van der Waals surface area contributed by atoms with E-state index in [2.05, 4.69) is 4.90 Å². The standard InChI is InChI=1S/C18H32BN/c1-2-8-14(9-3-1)20-17-12-6-4-10-15(17)19-16-11-5-7-13-18(16)20/h14-19H,1-13H2/t15?,16?,17-,18?/m1/s1. The van der Waals surface area contributed by atoms with Crippen molar-refractivity contribution in [1.82, 2.24) is 4.90 Å². The van der Waals surface area contributed by atoms with Crippen LogP contribution in [-0.2, 0) is 0 Å². The molecule has 0 aromatic heterocycles. The summed E-state index contributed by atoms with van der Waals surface area (Å²) in [6, 6.07) is 2.96. The fraction of sp³-hybridized carbons (Fsp3) is 1.00. The van der Waals surface area contributed by atoms with Crippen LogP contribution in [0.3, 0.4) is 0 Å². The molecule has 4 atom stereocenters. The Morgan fingerprint density at radius 1 is 0.550 bits per heavy atom. The van der Waals surface area contributed by atoms with Crippen LogP contribution in [0.2, 0.25) is 11.6 Å². The lowest BCUT2D eigenvalue weighted by Gasteiger charge is -2.57. The van der Waals surface area contributed by atoms with Crippen molar-refractivity contribution >= 4 is 7.28 Å². The SMILES string of the molecule is B1C2CCCCC2N(C2CCCCC2)[C@@H]2CCCCC12. The van der Waals surface area contributed by atoms with Gasteiger partial charge in [0.05, 0.1) is 0 Å². The van der Waals surface area contributed by atoms with Crippen LogP contribution >= 0.6 is 0 Å². The summed E-state index contributed by atoms with van der Waals surface area (Å²) in [6.45, 7) is 0. The van der Waals surface area contributed by atoms with Crippen LogP contribution in [0.25, 0.3) is 0 Å². The van der Waals surface area contributed by atoms with Gasteiger partial charge in [0, 0.05) is 18.1 Å². The van der Waals surface area contributed by atoms with Gasteiger partial charge in [0.1, 0.15) is 7.28 Å². The molecule has 0 bridgehead atoms. The first-order valence-corrected chi connectivity index (χ1v) is 9.71. The molecule has 0 aromatic rings. The average molecular weight is 273 g/mol. The first kappa shape index (κ1) is 13.7. The van der Waals surface area contributed by atoms with Gasteiger partial charge in [-0.2, -0.15) is 0 Å². The molecule has 1 nitrogen and oxygen atoms in total. The number of rotatable bonds is 1. The second-order valence-corrected chi connectivity index (χ2v) is 8.20. The summed E-state index contributed by atoms with van der Waals surface area (Å²) in [4.78, 5) is 3.15. The third kappa shape index (κ3) is 2.47. The van der Waals surface area contributed by atoms with E-state index in [0.717, 1.165) is 29.8 Å². The van der Waals surface area contributed by atoms with Gasteiger partial charge in [0.15, 0.2) is 0 Å². The molecule has 4 rings (SSSR count). The maximum Gasteiger partial charge on any atom is 0.131 e. The van der Waals surface area contributed by atoms with Gasteiger partial charge in [-0.25, -0.2) is 0 Å². The maximum atomic E-state index is 3.15. The lowest BCUT2D eigenvalue weighted by molar-refractivity contribution is 0.0103. The third-order valence-corrected chi connectivity index (χ3v) is 7.11. The summed E-state index contributed by atoms with van der Waals surface area (Å²) in [7, 11) is 1.60. The molecule has 1 heterocycles. The van der Waals surface area contributed by atoms with Crippen molar-refractivity contribution in [3.05, 3.63) is 0 Å². The highest BCUT2D eigenvalue weighted by Crippen LogP contribution is 2.48. The number of fused-ring (bicyclic) bond motifs is 2. The molecule has 3 aliphatic carbocycles. The first-order valence-electron chi connectivity index (χ1n) is 9.71. The van der Waals surface area contributed by atoms with Crippen molar-refractivity contribution in [3.8, 4) is 0 Å². The first-order chi connectivity index (χ1) is 9.93.